The Morgan fingerprint density at radius 2 is 1.21 bits per heavy atom. The number of aromatic hydroxyl groups is 1. The maximum atomic E-state index is 13.6. The Morgan fingerprint density at radius 3 is 1.73 bits per heavy atom. The van der Waals surface area contributed by atoms with Crippen molar-refractivity contribution in [1.82, 2.24) is 14.7 Å². The molecule has 0 aromatic heterocycles. The van der Waals surface area contributed by atoms with Crippen LogP contribution in [0, 0.1) is 11.8 Å². The third-order valence-electron chi connectivity index (χ3n) is 14.2. The van der Waals surface area contributed by atoms with Crippen molar-refractivity contribution in [2.75, 3.05) is 44.2 Å². The molecule has 340 valence electrons. The molecule has 0 spiro atoms. The lowest BCUT2D eigenvalue weighted by molar-refractivity contribution is -0.526. The molecule has 0 radical (unpaired) electrons. The van der Waals surface area contributed by atoms with Crippen LogP contribution in [0.25, 0.3) is 5.57 Å². The van der Waals surface area contributed by atoms with Crippen LogP contribution in [0.3, 0.4) is 0 Å². The van der Waals surface area contributed by atoms with Gasteiger partial charge in [0, 0.05) is 79.1 Å². The van der Waals surface area contributed by atoms with Gasteiger partial charge in [-0.05, 0) is 88.4 Å². The quantitative estimate of drug-likeness (QED) is 0.0935. The summed E-state index contributed by atoms with van der Waals surface area (Å²) in [5, 5.41) is 22.5. The van der Waals surface area contributed by atoms with Gasteiger partial charge in [-0.3, -0.25) is 48.2 Å². The summed E-state index contributed by atoms with van der Waals surface area (Å²) in [5.74, 6) is -4.47. The van der Waals surface area contributed by atoms with Crippen LogP contribution in [0.1, 0.15) is 151 Å². The van der Waals surface area contributed by atoms with Crippen LogP contribution in [-0.4, -0.2) is 127 Å². The van der Waals surface area contributed by atoms with Crippen LogP contribution >= 0.6 is 0 Å². The van der Waals surface area contributed by atoms with E-state index in [-0.39, 0.29) is 117 Å². The van der Waals surface area contributed by atoms with Crippen LogP contribution in [0.4, 0.5) is 5.69 Å². The molecule has 3 aromatic carbocycles. The van der Waals surface area contributed by atoms with E-state index in [0.717, 1.165) is 21.7 Å². The Balaban J connectivity index is 0.830. The Hall–Kier alpha value is -7.03. The van der Waals surface area contributed by atoms with Crippen molar-refractivity contribution in [2.24, 2.45) is 11.8 Å². The number of benzene rings is 3. The molecule has 66 heavy (non-hydrogen) atoms. The van der Waals surface area contributed by atoms with Crippen LogP contribution in [-0.2, 0) is 11.3 Å². The number of phenols is 1. The van der Waals surface area contributed by atoms with E-state index in [1.165, 1.54) is 23.1 Å². The van der Waals surface area contributed by atoms with Crippen LogP contribution in [0.2, 0.25) is 0 Å². The molecule has 3 heterocycles. The van der Waals surface area contributed by atoms with Crippen molar-refractivity contribution >= 4 is 63.9 Å². The molecule has 0 bridgehead atoms. The largest absolute Gasteiger partial charge is 0.507 e. The fourth-order valence-electron chi connectivity index (χ4n) is 10.5. The summed E-state index contributed by atoms with van der Waals surface area (Å²) in [4.78, 5) is 112. The molecule has 3 aromatic rings. The number of allylic oxidation sites excluding steroid dienone is 3. The lowest BCUT2D eigenvalue weighted by atomic mass is 9.77. The average Bonchev–Trinajstić information content (AvgIpc) is 3.92. The van der Waals surface area contributed by atoms with Crippen molar-refractivity contribution in [3.63, 3.8) is 0 Å². The third-order valence-corrected chi connectivity index (χ3v) is 14.2. The number of fused-ring (bicyclic) bond motifs is 4. The van der Waals surface area contributed by atoms with Gasteiger partial charge in [0.1, 0.15) is 18.1 Å². The predicted octanol–water partition coefficient (Wildman–Crippen LogP) is 6.02. The number of amides is 5. The van der Waals surface area contributed by atoms with Crippen LogP contribution in [0.15, 0.2) is 59.4 Å². The summed E-state index contributed by atoms with van der Waals surface area (Å²) in [6.45, 7) is 13.6. The number of phenolic OH excluding ortho intramolecular Hbond substituents is 1. The minimum Gasteiger partial charge on any atom is -0.507 e. The topological polar surface area (TPSA) is 193 Å². The zero-order valence-electron chi connectivity index (χ0n) is 37.9. The van der Waals surface area contributed by atoms with Gasteiger partial charge in [0.25, 0.3) is 29.5 Å². The lowest BCUT2D eigenvalue weighted by Gasteiger charge is -2.28. The van der Waals surface area contributed by atoms with Gasteiger partial charge in [-0.1, -0.05) is 19.4 Å². The second-order valence-electron chi connectivity index (χ2n) is 18.5. The first-order valence-corrected chi connectivity index (χ1v) is 22.8. The molecule has 1 fully saturated rings. The molecule has 5 amide bonds. The Morgan fingerprint density at radius 1 is 0.652 bits per heavy atom. The number of anilines is 1. The molecule has 1 saturated carbocycles. The number of imide groups is 2. The number of hydrogen-bond donors (Lipinski definition) is 2. The molecule has 3 aliphatic carbocycles. The van der Waals surface area contributed by atoms with Crippen molar-refractivity contribution in [1.29, 1.82) is 0 Å². The highest BCUT2D eigenvalue weighted by atomic mass is 16.3. The summed E-state index contributed by atoms with van der Waals surface area (Å²) in [5.41, 5.74) is 5.32. The van der Waals surface area contributed by atoms with E-state index in [4.69, 9.17) is 0 Å². The normalized spacial score (nSPS) is 18.2. The number of hydrogen-bond acceptors (Lipinski definition) is 11. The molecule has 0 unspecified atom stereocenters. The number of carbonyl (C=O) groups excluding carboxylic acids is 8. The van der Waals surface area contributed by atoms with Crippen molar-refractivity contribution in [2.45, 2.75) is 79.8 Å². The van der Waals surface area contributed by atoms with Gasteiger partial charge >= 0.3 is 0 Å². The van der Waals surface area contributed by atoms with Crippen LogP contribution in [0.5, 0.6) is 5.75 Å². The van der Waals surface area contributed by atoms with Crippen molar-refractivity contribution in [3.8, 4) is 5.75 Å². The third kappa shape index (κ3) is 6.80. The summed E-state index contributed by atoms with van der Waals surface area (Å²) in [6, 6.07) is 10.8. The number of likely N-dealkylation sites (N-methyl/N-ethyl adjacent to an activating group) is 2. The molecule has 0 atom stereocenters. The highest BCUT2D eigenvalue weighted by Crippen LogP contribution is 2.44. The van der Waals surface area contributed by atoms with Crippen LogP contribution < -0.4 is 4.90 Å². The maximum absolute atomic E-state index is 13.6. The van der Waals surface area contributed by atoms with E-state index in [1.807, 2.05) is 32.6 Å². The number of carbonyl (C=O) groups is 8. The number of rotatable bonds is 12. The SMILES string of the molecule is CCN(CCN1C(=O)c2cc3c(cc2C1=O)C(=O)C(C(C)C)C3=O)c1ccc(C2=C(O)C(=C3CCC(=[N+](CC)CCN4C(=O)c5cc6c(cc5C4=O)C(=O)N(C(C)C)C6)CC3)C2=O)c(O)c1. The van der Waals surface area contributed by atoms with E-state index >= 15 is 0 Å². The number of aliphatic hydroxyl groups excluding tert-OH is 1. The molecule has 9 rings (SSSR count). The van der Waals surface area contributed by atoms with E-state index in [9.17, 15) is 48.6 Å². The zero-order valence-corrected chi connectivity index (χ0v) is 37.9. The molecule has 15 heteroatoms. The fourth-order valence-corrected chi connectivity index (χ4v) is 10.5. The monoisotopic (exact) mass is 894 g/mol. The van der Waals surface area contributed by atoms with Gasteiger partial charge in [-0.2, -0.15) is 0 Å². The van der Waals surface area contributed by atoms with Gasteiger partial charge in [0.2, 0.25) is 5.78 Å². The highest BCUT2D eigenvalue weighted by molar-refractivity contribution is 6.39. The summed E-state index contributed by atoms with van der Waals surface area (Å²) < 4.78 is 2.15. The van der Waals surface area contributed by atoms with E-state index in [1.54, 1.807) is 43.0 Å². The summed E-state index contributed by atoms with van der Waals surface area (Å²) in [7, 11) is 0. The highest BCUT2D eigenvalue weighted by Gasteiger charge is 2.46. The van der Waals surface area contributed by atoms with Gasteiger partial charge in [0.05, 0.1) is 45.9 Å². The second-order valence-corrected chi connectivity index (χ2v) is 18.5. The first-order chi connectivity index (χ1) is 31.5. The first-order valence-electron chi connectivity index (χ1n) is 22.8. The Kier molecular flexibility index (Phi) is 11.0. The number of aliphatic hydroxyl groups is 1. The standard InChI is InChI=1S/C51H51N5O10/c1-7-52(15-17-54-48(63)35-19-28-24-56(26(5)6)47(62)32(28)21-36(35)49(54)64)29-11-9-27(10-12-29)41-45(60)42(46(41)61)31-14-13-30(20-39(31)57)53(8-2)16-18-55-50(65)37-22-33-34(23-38(37)51(55)66)44(59)40(25(3)4)43(33)58/h13-14,19-23,25-26,40H,7-12,15-18,24H2,1-6H3,(H-,57,58,59,60,61,62,63,64,65,66)/p+1. The van der Waals surface area contributed by atoms with E-state index < -0.39 is 23.6 Å². The van der Waals surface area contributed by atoms with E-state index in [0.29, 0.717) is 68.7 Å². The van der Waals surface area contributed by atoms with Gasteiger partial charge in [-0.25, -0.2) is 4.58 Å². The van der Waals surface area contributed by atoms with E-state index in [2.05, 4.69) is 4.58 Å². The van der Waals surface area contributed by atoms with Gasteiger partial charge in [0.15, 0.2) is 23.8 Å². The summed E-state index contributed by atoms with van der Waals surface area (Å²) >= 11 is 0. The molecular weight excluding hydrogens is 843 g/mol. The molecule has 6 aliphatic rings. The summed E-state index contributed by atoms with van der Waals surface area (Å²) in [6.07, 6.45) is 2.31. The molecule has 3 aliphatic heterocycles. The Labute approximate surface area is 381 Å². The smallest absolute Gasteiger partial charge is 0.261 e. The number of Topliss-reactive ketones (excluding diaryl/α,β-unsaturated/α-hetero) is 3. The lowest BCUT2D eigenvalue weighted by Crippen LogP contribution is -2.38. The first kappa shape index (κ1) is 44.2. The molecule has 2 N–H and O–H groups in total. The second kappa shape index (κ2) is 16.4. The molecular formula is C51H52N5O10+. The zero-order chi connectivity index (χ0) is 47.2. The fraction of sp³-hybridized carbons (Fsp3) is 0.392. The van der Waals surface area contributed by atoms with Crippen molar-refractivity contribution < 1.29 is 53.1 Å². The number of ketones is 3. The maximum Gasteiger partial charge on any atom is 0.261 e. The minimum atomic E-state index is -0.826. The molecule has 15 nitrogen and oxygen atoms in total. The average molecular weight is 895 g/mol. The molecule has 0 saturated heterocycles. The Bertz CT molecular complexity index is 2820. The van der Waals surface area contributed by atoms with Gasteiger partial charge < -0.3 is 20.0 Å². The minimum absolute atomic E-state index is 0.00269. The van der Waals surface area contributed by atoms with Gasteiger partial charge in [-0.15, -0.1) is 0 Å². The predicted molar refractivity (Wildman–Crippen MR) is 242 cm³/mol. The number of nitrogens with zero attached hydrogens (tertiary/aromatic N) is 5. The van der Waals surface area contributed by atoms with Crippen molar-refractivity contribution in [3.05, 3.63) is 109 Å².